The Bertz CT molecular complexity index is 843. The SMILES string of the molecule is CCOC(=O)C1=C(C)N=C2SC=CN2C1c1ccc(N(CC)CC)cc1OC. The zero-order chi connectivity index (χ0) is 20.3. The molecule has 0 aromatic heterocycles. The number of nitrogens with zero attached hydrogens (tertiary/aromatic N) is 3. The van der Waals surface area contributed by atoms with Crippen LogP contribution in [0.4, 0.5) is 5.69 Å². The fourth-order valence-electron chi connectivity index (χ4n) is 3.59. The van der Waals surface area contributed by atoms with E-state index in [0.717, 1.165) is 35.3 Å². The van der Waals surface area contributed by atoms with Crippen molar-refractivity contribution in [2.45, 2.75) is 33.7 Å². The molecule has 0 radical (unpaired) electrons. The summed E-state index contributed by atoms with van der Waals surface area (Å²) in [6, 6.07) is 5.84. The van der Waals surface area contributed by atoms with Crippen LogP contribution in [0.1, 0.15) is 39.3 Å². The normalized spacial score (nSPS) is 18.1. The number of carbonyl (C=O) groups excluding carboxylic acids is 1. The van der Waals surface area contributed by atoms with E-state index in [4.69, 9.17) is 9.47 Å². The third kappa shape index (κ3) is 3.63. The lowest BCUT2D eigenvalue weighted by molar-refractivity contribution is -0.139. The minimum absolute atomic E-state index is 0.321. The molecule has 0 aliphatic carbocycles. The molecular weight excluding hydrogens is 374 g/mol. The zero-order valence-corrected chi connectivity index (χ0v) is 17.9. The van der Waals surface area contributed by atoms with Crippen molar-refractivity contribution in [1.29, 1.82) is 0 Å². The topological polar surface area (TPSA) is 54.4 Å². The molecule has 1 atom stereocenters. The third-order valence-electron chi connectivity index (χ3n) is 4.96. The lowest BCUT2D eigenvalue weighted by atomic mass is 9.93. The molecule has 1 unspecified atom stereocenters. The fourth-order valence-corrected chi connectivity index (χ4v) is 4.38. The van der Waals surface area contributed by atoms with Crippen LogP contribution in [0.25, 0.3) is 0 Å². The third-order valence-corrected chi connectivity index (χ3v) is 5.73. The van der Waals surface area contributed by atoms with Crippen LogP contribution in [0.2, 0.25) is 0 Å². The molecule has 2 heterocycles. The van der Waals surface area contributed by atoms with Crippen molar-refractivity contribution in [3.8, 4) is 5.75 Å². The van der Waals surface area contributed by atoms with E-state index in [1.165, 1.54) is 0 Å². The number of thioether (sulfide) groups is 1. The van der Waals surface area contributed by atoms with Crippen LogP contribution in [0.15, 0.2) is 46.1 Å². The Labute approximate surface area is 170 Å². The van der Waals surface area contributed by atoms with Crippen LogP contribution < -0.4 is 9.64 Å². The van der Waals surface area contributed by atoms with Gasteiger partial charge in [-0.25, -0.2) is 9.79 Å². The first kappa shape index (κ1) is 20.3. The molecule has 7 heteroatoms. The Balaban J connectivity index is 2.12. The summed E-state index contributed by atoms with van der Waals surface area (Å²) in [4.78, 5) is 21.7. The van der Waals surface area contributed by atoms with Gasteiger partial charge in [0.1, 0.15) is 5.75 Å². The molecule has 2 aliphatic heterocycles. The average Bonchev–Trinajstić information content (AvgIpc) is 3.16. The maximum absolute atomic E-state index is 12.8. The molecule has 0 saturated carbocycles. The summed E-state index contributed by atoms with van der Waals surface area (Å²) in [6.45, 7) is 10.1. The molecule has 0 amide bonds. The minimum Gasteiger partial charge on any atom is -0.496 e. The monoisotopic (exact) mass is 401 g/mol. The predicted molar refractivity (Wildman–Crippen MR) is 115 cm³/mol. The maximum atomic E-state index is 12.8. The van der Waals surface area contributed by atoms with Gasteiger partial charge in [0.25, 0.3) is 0 Å². The number of carbonyl (C=O) groups is 1. The largest absolute Gasteiger partial charge is 0.496 e. The number of rotatable bonds is 7. The van der Waals surface area contributed by atoms with Crippen molar-refractivity contribution >= 4 is 28.6 Å². The van der Waals surface area contributed by atoms with Crippen LogP contribution in [-0.2, 0) is 9.53 Å². The molecular formula is C21H27N3O3S. The summed E-state index contributed by atoms with van der Waals surface area (Å²) in [6.07, 6.45) is 1.96. The molecule has 0 N–H and O–H groups in total. The Kier molecular flexibility index (Phi) is 6.34. The van der Waals surface area contributed by atoms with Crippen LogP contribution in [0, 0.1) is 0 Å². The van der Waals surface area contributed by atoms with Crippen molar-refractivity contribution in [2.24, 2.45) is 4.99 Å². The molecule has 0 bridgehead atoms. The predicted octanol–water partition coefficient (Wildman–Crippen LogP) is 4.31. The van der Waals surface area contributed by atoms with E-state index in [2.05, 4.69) is 29.8 Å². The first-order valence-corrected chi connectivity index (χ1v) is 10.4. The highest BCUT2D eigenvalue weighted by Crippen LogP contribution is 2.44. The Morgan fingerprint density at radius 2 is 2.04 bits per heavy atom. The number of aliphatic imine (C=N–C) groups is 1. The van der Waals surface area contributed by atoms with E-state index < -0.39 is 0 Å². The fraction of sp³-hybridized carbons (Fsp3) is 0.429. The van der Waals surface area contributed by atoms with Crippen molar-refractivity contribution in [3.05, 3.63) is 46.6 Å². The van der Waals surface area contributed by atoms with E-state index in [9.17, 15) is 4.79 Å². The number of hydrogen-bond donors (Lipinski definition) is 0. The van der Waals surface area contributed by atoms with Crippen molar-refractivity contribution < 1.29 is 14.3 Å². The minimum atomic E-state index is -0.340. The van der Waals surface area contributed by atoms with Gasteiger partial charge < -0.3 is 19.3 Å². The zero-order valence-electron chi connectivity index (χ0n) is 17.1. The summed E-state index contributed by atoms with van der Waals surface area (Å²) in [5.41, 5.74) is 3.24. The number of fused-ring (bicyclic) bond motifs is 1. The van der Waals surface area contributed by atoms with Gasteiger partial charge in [-0.2, -0.15) is 0 Å². The Morgan fingerprint density at radius 3 is 2.68 bits per heavy atom. The van der Waals surface area contributed by atoms with Crippen LogP contribution in [0.5, 0.6) is 5.75 Å². The number of allylic oxidation sites excluding steroid dienone is 1. The first-order chi connectivity index (χ1) is 13.5. The number of ether oxygens (including phenoxy) is 2. The lowest BCUT2D eigenvalue weighted by Crippen LogP contribution is -2.34. The smallest absolute Gasteiger partial charge is 0.338 e. The highest BCUT2D eigenvalue weighted by molar-refractivity contribution is 8.16. The highest BCUT2D eigenvalue weighted by Gasteiger charge is 2.38. The van der Waals surface area contributed by atoms with Gasteiger partial charge >= 0.3 is 5.97 Å². The molecule has 0 spiro atoms. The number of anilines is 1. The molecule has 1 aromatic rings. The number of methoxy groups -OCH3 is 1. The summed E-state index contributed by atoms with van der Waals surface area (Å²) in [5, 5.41) is 2.83. The van der Waals surface area contributed by atoms with Gasteiger partial charge in [0.05, 0.1) is 31.0 Å². The molecule has 1 aromatic carbocycles. The van der Waals surface area contributed by atoms with E-state index in [1.807, 2.05) is 42.5 Å². The van der Waals surface area contributed by atoms with Gasteiger partial charge in [0.2, 0.25) is 0 Å². The van der Waals surface area contributed by atoms with E-state index in [0.29, 0.717) is 17.9 Å². The van der Waals surface area contributed by atoms with Gasteiger partial charge in [-0.1, -0.05) is 17.8 Å². The van der Waals surface area contributed by atoms with Crippen molar-refractivity contribution in [3.63, 3.8) is 0 Å². The average molecular weight is 402 g/mol. The van der Waals surface area contributed by atoms with Gasteiger partial charge in [0, 0.05) is 36.6 Å². The van der Waals surface area contributed by atoms with Gasteiger partial charge in [-0.05, 0) is 39.2 Å². The molecule has 28 heavy (non-hydrogen) atoms. The number of hydrogen-bond acceptors (Lipinski definition) is 7. The number of amidine groups is 1. The molecule has 0 saturated heterocycles. The molecule has 3 rings (SSSR count). The number of benzene rings is 1. The van der Waals surface area contributed by atoms with E-state index >= 15 is 0 Å². The molecule has 6 nitrogen and oxygen atoms in total. The summed E-state index contributed by atoms with van der Waals surface area (Å²) in [5.74, 6) is 0.406. The lowest BCUT2D eigenvalue weighted by Gasteiger charge is -2.34. The second-order valence-corrected chi connectivity index (χ2v) is 7.30. The van der Waals surface area contributed by atoms with E-state index in [-0.39, 0.29) is 12.0 Å². The van der Waals surface area contributed by atoms with E-state index in [1.54, 1.807) is 18.9 Å². The second-order valence-electron chi connectivity index (χ2n) is 6.43. The van der Waals surface area contributed by atoms with Crippen LogP contribution >= 0.6 is 11.8 Å². The summed E-state index contributed by atoms with van der Waals surface area (Å²) >= 11 is 1.54. The molecule has 0 fully saturated rings. The molecule has 2 aliphatic rings. The molecule has 150 valence electrons. The Hall–Kier alpha value is -2.41. The van der Waals surface area contributed by atoms with Gasteiger partial charge in [-0.15, -0.1) is 0 Å². The second kappa shape index (κ2) is 8.73. The summed E-state index contributed by atoms with van der Waals surface area (Å²) < 4.78 is 11.1. The summed E-state index contributed by atoms with van der Waals surface area (Å²) in [7, 11) is 1.66. The first-order valence-electron chi connectivity index (χ1n) is 9.56. The van der Waals surface area contributed by atoms with Crippen molar-refractivity contribution in [1.82, 2.24) is 4.90 Å². The van der Waals surface area contributed by atoms with Crippen molar-refractivity contribution in [2.75, 3.05) is 31.7 Å². The highest BCUT2D eigenvalue weighted by atomic mass is 32.2. The maximum Gasteiger partial charge on any atom is 0.338 e. The van der Waals surface area contributed by atoms with Crippen LogP contribution in [-0.4, -0.2) is 42.8 Å². The Morgan fingerprint density at radius 1 is 1.29 bits per heavy atom. The standard InChI is InChI=1S/C21H27N3O3S/c1-6-23(7-2)15-9-10-16(17(13-15)26-5)19-18(20(25)27-8-3)14(4)22-21-24(19)11-12-28-21/h9-13,19H,6-8H2,1-5H3. The van der Waals surface area contributed by atoms with Gasteiger partial charge in [0.15, 0.2) is 5.17 Å². The van der Waals surface area contributed by atoms with Crippen LogP contribution in [0.3, 0.4) is 0 Å². The number of esters is 1. The quantitative estimate of drug-likeness (QED) is 0.635. The van der Waals surface area contributed by atoms with Gasteiger partial charge in [-0.3, -0.25) is 0 Å².